The van der Waals surface area contributed by atoms with Crippen molar-refractivity contribution in [2.24, 2.45) is 0 Å². The van der Waals surface area contributed by atoms with Crippen molar-refractivity contribution >= 4 is 6.09 Å². The third kappa shape index (κ3) is 2.93. The molecule has 0 spiro atoms. The molecule has 150 valence electrons. The Bertz CT molecular complexity index is 1080. The molecule has 1 aromatic carbocycles. The van der Waals surface area contributed by atoms with Gasteiger partial charge in [0.25, 0.3) is 0 Å². The largest absolute Gasteiger partial charge is 0.491 e. The van der Waals surface area contributed by atoms with E-state index < -0.39 is 6.09 Å². The van der Waals surface area contributed by atoms with Crippen molar-refractivity contribution < 1.29 is 14.6 Å². The van der Waals surface area contributed by atoms with Crippen LogP contribution in [0.3, 0.4) is 0 Å². The molecule has 0 aliphatic carbocycles. The number of imidazole rings is 1. The summed E-state index contributed by atoms with van der Waals surface area (Å²) >= 11 is 0. The molecule has 1 fully saturated rings. The summed E-state index contributed by atoms with van der Waals surface area (Å²) in [4.78, 5) is 21.7. The van der Waals surface area contributed by atoms with Crippen LogP contribution in [0.15, 0.2) is 30.7 Å². The predicted molar refractivity (Wildman–Crippen MR) is 105 cm³/mol. The summed E-state index contributed by atoms with van der Waals surface area (Å²) < 4.78 is 9.95. The van der Waals surface area contributed by atoms with Crippen LogP contribution in [0.1, 0.15) is 31.4 Å². The minimum Gasteiger partial charge on any atom is -0.491 e. The molecule has 0 saturated carbocycles. The van der Waals surface area contributed by atoms with E-state index in [9.17, 15) is 4.79 Å². The SMILES string of the molecule is CC(C)n1ncnc1-c1cn2c(n1)-c1ccc(C3CN(C(=O)O)C3)cc1OCC2. The lowest BCUT2D eigenvalue weighted by Crippen LogP contribution is -2.47. The molecule has 0 atom stereocenters. The maximum Gasteiger partial charge on any atom is 0.407 e. The molecule has 1 amide bonds. The molecule has 4 heterocycles. The lowest BCUT2D eigenvalue weighted by Gasteiger charge is -2.37. The highest BCUT2D eigenvalue weighted by molar-refractivity contribution is 5.70. The maximum atomic E-state index is 11.0. The maximum absolute atomic E-state index is 11.0. The number of fused-ring (bicyclic) bond motifs is 3. The normalized spacial score (nSPS) is 16.0. The molecule has 5 rings (SSSR count). The van der Waals surface area contributed by atoms with Crippen molar-refractivity contribution in [3.63, 3.8) is 0 Å². The molecule has 2 aliphatic heterocycles. The number of hydrogen-bond acceptors (Lipinski definition) is 5. The van der Waals surface area contributed by atoms with Gasteiger partial charge in [0.1, 0.15) is 30.2 Å². The standard InChI is InChI=1S/C20H22N6O3/c1-12(2)26-19(21-11-22-26)16-10-24-5-6-29-17-7-13(3-4-15(17)18(24)23-16)14-8-25(9-14)20(27)28/h3-4,7,10-12,14H,5-6,8-9H2,1-2H3,(H,27,28). The zero-order valence-corrected chi connectivity index (χ0v) is 16.3. The minimum atomic E-state index is -0.865. The number of carboxylic acid groups (broad SMARTS) is 1. The van der Waals surface area contributed by atoms with E-state index in [1.54, 1.807) is 6.33 Å². The van der Waals surface area contributed by atoms with Crippen LogP contribution in [0, 0.1) is 0 Å². The van der Waals surface area contributed by atoms with E-state index in [1.165, 1.54) is 4.90 Å². The number of ether oxygens (including phenoxy) is 1. The number of hydrogen-bond donors (Lipinski definition) is 1. The Kier molecular flexibility index (Phi) is 4.04. The van der Waals surface area contributed by atoms with Crippen molar-refractivity contribution in [2.75, 3.05) is 19.7 Å². The molecule has 2 aromatic heterocycles. The summed E-state index contributed by atoms with van der Waals surface area (Å²) in [5.41, 5.74) is 2.82. The lowest BCUT2D eigenvalue weighted by molar-refractivity contribution is 0.105. The van der Waals surface area contributed by atoms with Crippen LogP contribution in [0.2, 0.25) is 0 Å². The summed E-state index contributed by atoms with van der Waals surface area (Å²) in [6, 6.07) is 6.29. The molecular weight excluding hydrogens is 372 g/mol. The fourth-order valence-corrected chi connectivity index (χ4v) is 3.92. The van der Waals surface area contributed by atoms with Gasteiger partial charge in [-0.25, -0.2) is 19.4 Å². The summed E-state index contributed by atoms with van der Waals surface area (Å²) in [5.74, 6) is 2.60. The van der Waals surface area contributed by atoms with E-state index in [-0.39, 0.29) is 12.0 Å². The molecular formula is C20H22N6O3. The topological polar surface area (TPSA) is 98.3 Å². The van der Waals surface area contributed by atoms with Crippen molar-refractivity contribution in [3.8, 4) is 28.7 Å². The molecule has 1 saturated heterocycles. The van der Waals surface area contributed by atoms with Crippen LogP contribution in [0.4, 0.5) is 4.79 Å². The molecule has 3 aromatic rings. The Morgan fingerprint density at radius 2 is 2.10 bits per heavy atom. The number of aromatic nitrogens is 5. The Labute approximate surface area is 167 Å². The van der Waals surface area contributed by atoms with Crippen LogP contribution in [0.25, 0.3) is 22.9 Å². The fourth-order valence-electron chi connectivity index (χ4n) is 3.92. The smallest absolute Gasteiger partial charge is 0.407 e. The fraction of sp³-hybridized carbons (Fsp3) is 0.400. The Balaban J connectivity index is 1.49. The highest BCUT2D eigenvalue weighted by atomic mass is 16.5. The van der Waals surface area contributed by atoms with Gasteiger partial charge < -0.3 is 19.3 Å². The van der Waals surface area contributed by atoms with Crippen LogP contribution in [0.5, 0.6) is 5.75 Å². The zero-order chi connectivity index (χ0) is 20.1. The Morgan fingerprint density at radius 3 is 2.86 bits per heavy atom. The van der Waals surface area contributed by atoms with Crippen LogP contribution < -0.4 is 4.74 Å². The number of benzene rings is 1. The summed E-state index contributed by atoms with van der Waals surface area (Å²) in [5, 5.41) is 13.4. The average molecular weight is 394 g/mol. The summed E-state index contributed by atoms with van der Waals surface area (Å²) in [6.45, 7) is 6.42. The second-order valence-electron chi connectivity index (χ2n) is 7.75. The van der Waals surface area contributed by atoms with Crippen molar-refractivity contribution in [2.45, 2.75) is 32.4 Å². The van der Waals surface area contributed by atoms with E-state index in [4.69, 9.17) is 14.8 Å². The number of rotatable bonds is 3. The molecule has 9 nitrogen and oxygen atoms in total. The van der Waals surface area contributed by atoms with E-state index >= 15 is 0 Å². The highest BCUT2D eigenvalue weighted by Crippen LogP contribution is 2.37. The molecule has 29 heavy (non-hydrogen) atoms. The second-order valence-corrected chi connectivity index (χ2v) is 7.75. The molecule has 0 unspecified atom stereocenters. The molecule has 0 radical (unpaired) electrons. The van der Waals surface area contributed by atoms with Gasteiger partial charge in [0.05, 0.1) is 12.1 Å². The number of likely N-dealkylation sites (tertiary alicyclic amines) is 1. The Hall–Kier alpha value is -3.36. The van der Waals surface area contributed by atoms with E-state index in [0.717, 1.165) is 34.2 Å². The minimum absolute atomic E-state index is 0.194. The first-order chi connectivity index (χ1) is 14.0. The van der Waals surface area contributed by atoms with Gasteiger partial charge >= 0.3 is 6.09 Å². The van der Waals surface area contributed by atoms with Gasteiger partial charge in [0, 0.05) is 31.2 Å². The predicted octanol–water partition coefficient (Wildman–Crippen LogP) is 2.86. The van der Waals surface area contributed by atoms with Crippen molar-refractivity contribution in [3.05, 3.63) is 36.3 Å². The van der Waals surface area contributed by atoms with Gasteiger partial charge in [-0.1, -0.05) is 6.07 Å². The van der Waals surface area contributed by atoms with Crippen LogP contribution >= 0.6 is 0 Å². The number of nitrogens with zero attached hydrogens (tertiary/aromatic N) is 6. The van der Waals surface area contributed by atoms with Gasteiger partial charge in [-0.05, 0) is 31.5 Å². The molecule has 0 bridgehead atoms. The summed E-state index contributed by atoms with van der Waals surface area (Å²) in [6.07, 6.45) is 2.69. The van der Waals surface area contributed by atoms with E-state index in [1.807, 2.05) is 29.1 Å². The van der Waals surface area contributed by atoms with E-state index in [2.05, 4.69) is 28.5 Å². The number of carbonyl (C=O) groups is 1. The third-order valence-electron chi connectivity index (χ3n) is 5.53. The van der Waals surface area contributed by atoms with Crippen LogP contribution in [-0.2, 0) is 6.54 Å². The van der Waals surface area contributed by atoms with Gasteiger partial charge in [0.15, 0.2) is 5.82 Å². The molecule has 1 N–H and O–H groups in total. The Morgan fingerprint density at radius 1 is 1.28 bits per heavy atom. The number of amides is 1. The van der Waals surface area contributed by atoms with Crippen molar-refractivity contribution in [1.29, 1.82) is 0 Å². The van der Waals surface area contributed by atoms with Gasteiger partial charge in [-0.3, -0.25) is 0 Å². The highest BCUT2D eigenvalue weighted by Gasteiger charge is 2.32. The average Bonchev–Trinajstić information content (AvgIpc) is 3.24. The first-order valence-corrected chi connectivity index (χ1v) is 9.73. The van der Waals surface area contributed by atoms with Crippen LogP contribution in [-0.4, -0.2) is 60.1 Å². The van der Waals surface area contributed by atoms with Gasteiger partial charge in [-0.2, -0.15) is 5.10 Å². The second kappa shape index (κ2) is 6.61. The lowest BCUT2D eigenvalue weighted by atomic mass is 9.91. The first kappa shape index (κ1) is 17.7. The van der Waals surface area contributed by atoms with Crippen molar-refractivity contribution in [1.82, 2.24) is 29.2 Å². The molecule has 2 aliphatic rings. The van der Waals surface area contributed by atoms with Gasteiger partial charge in [-0.15, -0.1) is 0 Å². The quantitative estimate of drug-likeness (QED) is 0.733. The third-order valence-corrected chi connectivity index (χ3v) is 5.53. The van der Waals surface area contributed by atoms with E-state index in [0.29, 0.717) is 26.2 Å². The zero-order valence-electron chi connectivity index (χ0n) is 16.3. The summed E-state index contributed by atoms with van der Waals surface area (Å²) in [7, 11) is 0. The van der Waals surface area contributed by atoms with Gasteiger partial charge in [0.2, 0.25) is 0 Å². The first-order valence-electron chi connectivity index (χ1n) is 9.73. The monoisotopic (exact) mass is 394 g/mol. The molecule has 9 heteroatoms.